The quantitative estimate of drug-likeness (QED) is 0.602. The fourth-order valence-electron chi connectivity index (χ4n) is 2.68. The highest BCUT2D eigenvalue weighted by atomic mass is 16.5. The maximum Gasteiger partial charge on any atom is 0.161 e. The van der Waals surface area contributed by atoms with E-state index in [1.54, 1.807) is 13.3 Å². The van der Waals surface area contributed by atoms with Gasteiger partial charge in [0.05, 0.1) is 31.6 Å². The number of nitrogens with one attached hydrogen (secondary N) is 1. The summed E-state index contributed by atoms with van der Waals surface area (Å²) in [5, 5.41) is 4.38. The summed E-state index contributed by atoms with van der Waals surface area (Å²) in [6, 6.07) is -0.0889. The third kappa shape index (κ3) is 2.91. The van der Waals surface area contributed by atoms with Gasteiger partial charge >= 0.3 is 0 Å². The maximum absolute atomic E-state index is 5.93. The summed E-state index contributed by atoms with van der Waals surface area (Å²) < 4.78 is 13.3. The summed E-state index contributed by atoms with van der Waals surface area (Å²) in [4.78, 5) is 0. The average molecular weight is 268 g/mol. The lowest BCUT2D eigenvalue weighted by Crippen LogP contribution is -2.38. The van der Waals surface area contributed by atoms with Crippen LogP contribution < -0.4 is 16.0 Å². The Kier molecular flexibility index (Phi) is 4.79. The van der Waals surface area contributed by atoms with E-state index in [1.165, 1.54) is 0 Å². The van der Waals surface area contributed by atoms with Crippen LogP contribution in [0.3, 0.4) is 0 Å². The van der Waals surface area contributed by atoms with Gasteiger partial charge in [0, 0.05) is 6.54 Å². The molecule has 1 aliphatic heterocycles. The van der Waals surface area contributed by atoms with Crippen molar-refractivity contribution in [2.24, 2.45) is 5.84 Å². The van der Waals surface area contributed by atoms with E-state index in [0.29, 0.717) is 0 Å². The molecule has 3 unspecified atom stereocenters. The fraction of sp³-hybridized carbons (Fsp3) is 0.769. The SMILES string of the molecule is CCCn1ncc(OC)c1C(NN)C1CCC(C)O1. The van der Waals surface area contributed by atoms with Crippen molar-refractivity contribution < 1.29 is 9.47 Å². The minimum atomic E-state index is -0.0889. The normalized spacial score (nSPS) is 24.6. The third-order valence-corrected chi connectivity index (χ3v) is 3.61. The lowest BCUT2D eigenvalue weighted by atomic mass is 10.0. The molecule has 108 valence electrons. The first kappa shape index (κ1) is 14.3. The topological polar surface area (TPSA) is 74.3 Å². The molecule has 3 atom stereocenters. The molecule has 1 aliphatic rings. The smallest absolute Gasteiger partial charge is 0.161 e. The molecule has 1 fully saturated rings. The van der Waals surface area contributed by atoms with Gasteiger partial charge in [-0.3, -0.25) is 10.5 Å². The Balaban J connectivity index is 2.28. The molecule has 6 nitrogen and oxygen atoms in total. The number of ether oxygens (including phenoxy) is 2. The van der Waals surface area contributed by atoms with Crippen LogP contribution in [0.25, 0.3) is 0 Å². The molecule has 1 saturated heterocycles. The van der Waals surface area contributed by atoms with Crippen molar-refractivity contribution in [3.05, 3.63) is 11.9 Å². The monoisotopic (exact) mass is 268 g/mol. The predicted molar refractivity (Wildman–Crippen MR) is 72.7 cm³/mol. The molecule has 2 rings (SSSR count). The largest absolute Gasteiger partial charge is 0.493 e. The summed E-state index contributed by atoms with van der Waals surface area (Å²) in [6.45, 7) is 5.06. The molecular weight excluding hydrogens is 244 g/mol. The standard InChI is InChI=1S/C13H24N4O2/c1-4-7-17-13(11(18-3)8-15-17)12(16-14)10-6-5-9(2)19-10/h8-10,12,16H,4-7,14H2,1-3H3. The van der Waals surface area contributed by atoms with Gasteiger partial charge in [-0.1, -0.05) is 6.92 Å². The first-order chi connectivity index (χ1) is 9.21. The number of hydrazine groups is 1. The van der Waals surface area contributed by atoms with Crippen molar-refractivity contribution in [1.29, 1.82) is 0 Å². The predicted octanol–water partition coefficient (Wildman–Crippen LogP) is 1.37. The van der Waals surface area contributed by atoms with E-state index >= 15 is 0 Å². The molecule has 0 aliphatic carbocycles. The van der Waals surface area contributed by atoms with Crippen molar-refractivity contribution in [2.45, 2.75) is 57.9 Å². The third-order valence-electron chi connectivity index (χ3n) is 3.61. The first-order valence-electron chi connectivity index (χ1n) is 6.92. The minimum absolute atomic E-state index is 0.0706. The number of nitrogens with zero attached hydrogens (tertiary/aromatic N) is 2. The van der Waals surface area contributed by atoms with Gasteiger partial charge in [0.25, 0.3) is 0 Å². The van der Waals surface area contributed by atoms with Crippen molar-refractivity contribution in [3.8, 4) is 5.75 Å². The van der Waals surface area contributed by atoms with Crippen LogP contribution in [0.4, 0.5) is 0 Å². The zero-order valence-corrected chi connectivity index (χ0v) is 11.9. The number of aromatic nitrogens is 2. The Bertz CT molecular complexity index is 407. The number of hydrogen-bond donors (Lipinski definition) is 2. The van der Waals surface area contributed by atoms with Crippen LogP contribution in [0.1, 0.15) is 44.8 Å². The number of nitrogens with two attached hydrogens (primary N) is 1. The lowest BCUT2D eigenvalue weighted by molar-refractivity contribution is 0.0290. The Morgan fingerprint density at radius 2 is 2.42 bits per heavy atom. The Morgan fingerprint density at radius 1 is 1.63 bits per heavy atom. The van der Waals surface area contributed by atoms with E-state index in [4.69, 9.17) is 15.3 Å². The van der Waals surface area contributed by atoms with Crippen LogP contribution >= 0.6 is 0 Å². The van der Waals surface area contributed by atoms with E-state index < -0.39 is 0 Å². The molecule has 0 amide bonds. The highest BCUT2D eigenvalue weighted by molar-refractivity contribution is 5.29. The van der Waals surface area contributed by atoms with Gasteiger partial charge in [-0.25, -0.2) is 5.43 Å². The van der Waals surface area contributed by atoms with Gasteiger partial charge in [0.1, 0.15) is 5.69 Å². The lowest BCUT2D eigenvalue weighted by Gasteiger charge is -2.24. The second-order valence-corrected chi connectivity index (χ2v) is 5.03. The average Bonchev–Trinajstić information content (AvgIpc) is 2.99. The van der Waals surface area contributed by atoms with Crippen LogP contribution in [0.15, 0.2) is 6.20 Å². The van der Waals surface area contributed by atoms with E-state index in [1.807, 2.05) is 4.68 Å². The Morgan fingerprint density at radius 3 is 2.95 bits per heavy atom. The van der Waals surface area contributed by atoms with E-state index in [0.717, 1.165) is 37.3 Å². The number of hydrogen-bond acceptors (Lipinski definition) is 5. The van der Waals surface area contributed by atoms with Crippen molar-refractivity contribution in [3.63, 3.8) is 0 Å². The van der Waals surface area contributed by atoms with Crippen molar-refractivity contribution >= 4 is 0 Å². The molecule has 3 N–H and O–H groups in total. The summed E-state index contributed by atoms with van der Waals surface area (Å²) >= 11 is 0. The highest BCUT2D eigenvalue weighted by Crippen LogP contribution is 2.34. The van der Waals surface area contributed by atoms with Gasteiger partial charge in [0.15, 0.2) is 5.75 Å². The molecular formula is C13H24N4O2. The summed E-state index contributed by atoms with van der Waals surface area (Å²) in [5.74, 6) is 6.51. The second kappa shape index (κ2) is 6.36. The summed E-state index contributed by atoms with van der Waals surface area (Å²) in [6.07, 6.45) is 5.17. The molecule has 1 aromatic rings. The molecule has 0 aromatic carbocycles. The number of aryl methyl sites for hydroxylation is 1. The van der Waals surface area contributed by atoms with Crippen LogP contribution in [0, 0.1) is 0 Å². The zero-order valence-electron chi connectivity index (χ0n) is 11.9. The molecule has 0 spiro atoms. The highest BCUT2D eigenvalue weighted by Gasteiger charge is 2.34. The van der Waals surface area contributed by atoms with Gasteiger partial charge in [-0.15, -0.1) is 0 Å². The van der Waals surface area contributed by atoms with Crippen molar-refractivity contribution in [1.82, 2.24) is 15.2 Å². The van der Waals surface area contributed by atoms with Crippen LogP contribution in [-0.4, -0.2) is 29.1 Å². The Hall–Kier alpha value is -1.11. The van der Waals surface area contributed by atoms with Crippen LogP contribution in [-0.2, 0) is 11.3 Å². The maximum atomic E-state index is 5.93. The molecule has 2 heterocycles. The second-order valence-electron chi connectivity index (χ2n) is 5.03. The van der Waals surface area contributed by atoms with E-state index in [9.17, 15) is 0 Å². The van der Waals surface area contributed by atoms with E-state index in [-0.39, 0.29) is 18.2 Å². The molecule has 6 heteroatoms. The van der Waals surface area contributed by atoms with Gasteiger partial charge in [-0.05, 0) is 26.2 Å². The molecule has 1 aromatic heterocycles. The van der Waals surface area contributed by atoms with Crippen molar-refractivity contribution in [2.75, 3.05) is 7.11 Å². The van der Waals surface area contributed by atoms with Gasteiger partial charge in [0.2, 0.25) is 0 Å². The van der Waals surface area contributed by atoms with Gasteiger partial charge in [-0.2, -0.15) is 5.10 Å². The minimum Gasteiger partial charge on any atom is -0.493 e. The van der Waals surface area contributed by atoms with E-state index in [2.05, 4.69) is 24.4 Å². The van der Waals surface area contributed by atoms with Gasteiger partial charge < -0.3 is 9.47 Å². The molecule has 0 bridgehead atoms. The molecule has 19 heavy (non-hydrogen) atoms. The number of methoxy groups -OCH3 is 1. The molecule has 0 radical (unpaired) electrons. The van der Waals surface area contributed by atoms with Crippen LogP contribution in [0.2, 0.25) is 0 Å². The number of rotatable bonds is 6. The fourth-order valence-corrected chi connectivity index (χ4v) is 2.68. The molecule has 0 saturated carbocycles. The summed E-state index contributed by atoms with van der Waals surface area (Å²) in [5.41, 5.74) is 3.85. The van der Waals surface area contributed by atoms with Crippen LogP contribution in [0.5, 0.6) is 5.75 Å². The Labute approximate surface area is 114 Å². The summed E-state index contributed by atoms with van der Waals surface area (Å²) in [7, 11) is 1.66. The first-order valence-corrected chi connectivity index (χ1v) is 6.92. The zero-order chi connectivity index (χ0) is 13.8.